The summed E-state index contributed by atoms with van der Waals surface area (Å²) in [6.07, 6.45) is 0. The van der Waals surface area contributed by atoms with Crippen molar-refractivity contribution in [3.63, 3.8) is 0 Å². The van der Waals surface area contributed by atoms with Crippen LogP contribution in [0.5, 0.6) is 0 Å². The van der Waals surface area contributed by atoms with Crippen LogP contribution in [0.2, 0.25) is 0 Å². The lowest BCUT2D eigenvalue weighted by Crippen LogP contribution is -2.43. The van der Waals surface area contributed by atoms with E-state index in [1.165, 1.54) is 11.3 Å². The number of nitrogens with one attached hydrogen (secondary N) is 2. The van der Waals surface area contributed by atoms with Crippen LogP contribution in [-0.4, -0.2) is 47.7 Å². The van der Waals surface area contributed by atoms with E-state index >= 15 is 0 Å². The molecule has 2 amide bonds. The number of hydrazine groups is 1. The molecule has 0 radical (unpaired) electrons. The van der Waals surface area contributed by atoms with Crippen molar-refractivity contribution in [1.29, 1.82) is 0 Å². The summed E-state index contributed by atoms with van der Waals surface area (Å²) in [4.78, 5) is 32.7. The molecule has 3 heterocycles. The van der Waals surface area contributed by atoms with Gasteiger partial charge in [-0.25, -0.2) is 4.98 Å². The molecule has 1 saturated heterocycles. The lowest BCUT2D eigenvalue weighted by Gasteiger charge is -2.25. The number of ether oxygens (including phenoxy) is 1. The Morgan fingerprint density at radius 2 is 1.76 bits per heavy atom. The van der Waals surface area contributed by atoms with E-state index in [-0.39, 0.29) is 18.4 Å². The van der Waals surface area contributed by atoms with Crippen molar-refractivity contribution in [1.82, 2.24) is 20.4 Å². The van der Waals surface area contributed by atoms with E-state index in [1.54, 1.807) is 6.92 Å². The first-order valence-electron chi connectivity index (χ1n) is 11.1. The number of rotatable bonds is 5. The van der Waals surface area contributed by atoms with Crippen LogP contribution in [0.15, 0.2) is 60.7 Å². The second kappa shape index (κ2) is 9.66. The molecule has 8 nitrogen and oxygen atoms in total. The maximum Gasteiger partial charge on any atom is 0.281 e. The Balaban J connectivity index is 1.29. The summed E-state index contributed by atoms with van der Waals surface area (Å²) in [5.41, 5.74) is 8.67. The molecule has 4 aromatic rings. The zero-order valence-electron chi connectivity index (χ0n) is 18.8. The number of carbonyl (C=O) groups excluding carboxylic acids is 2. The maximum absolute atomic E-state index is 12.8. The van der Waals surface area contributed by atoms with Crippen LogP contribution in [-0.2, 0) is 16.1 Å². The number of hydrogen-bond acceptors (Lipinski definition) is 6. The van der Waals surface area contributed by atoms with Crippen molar-refractivity contribution in [3.05, 3.63) is 71.2 Å². The van der Waals surface area contributed by atoms with E-state index in [0.29, 0.717) is 23.8 Å². The molecular formula is C25H25N5O3S. The summed E-state index contributed by atoms with van der Waals surface area (Å²) in [5.74, 6) is -0.689. The fraction of sp³-hybridized carbons (Fsp3) is 0.240. The van der Waals surface area contributed by atoms with Crippen LogP contribution < -0.4 is 15.8 Å². The Kier molecular flexibility index (Phi) is 6.29. The highest BCUT2D eigenvalue weighted by Gasteiger charge is 2.21. The van der Waals surface area contributed by atoms with Crippen LogP contribution in [0.25, 0.3) is 22.2 Å². The van der Waals surface area contributed by atoms with Crippen molar-refractivity contribution in [2.45, 2.75) is 13.5 Å². The molecule has 0 bridgehead atoms. The fourth-order valence-electron chi connectivity index (χ4n) is 4.08. The van der Waals surface area contributed by atoms with Gasteiger partial charge in [0.2, 0.25) is 0 Å². The Hall–Kier alpha value is -3.69. The van der Waals surface area contributed by atoms with Gasteiger partial charge in [-0.3, -0.25) is 20.4 Å². The molecule has 2 aromatic heterocycles. The lowest BCUT2D eigenvalue weighted by molar-refractivity contribution is -0.122. The largest absolute Gasteiger partial charge is 0.378 e. The number of fused-ring (bicyclic) bond motifs is 1. The minimum absolute atomic E-state index is 0.0682. The molecule has 0 saturated carbocycles. The van der Waals surface area contributed by atoms with E-state index in [2.05, 4.69) is 26.8 Å². The lowest BCUT2D eigenvalue weighted by atomic mass is 10.1. The first-order chi connectivity index (χ1) is 16.6. The molecular weight excluding hydrogens is 450 g/mol. The molecule has 34 heavy (non-hydrogen) atoms. The highest BCUT2D eigenvalue weighted by Crippen LogP contribution is 2.28. The molecule has 9 heteroatoms. The molecule has 2 N–H and O–H groups in total. The number of amides is 2. The number of nitrogens with zero attached hydrogens (tertiary/aromatic N) is 3. The predicted molar refractivity (Wildman–Crippen MR) is 133 cm³/mol. The highest BCUT2D eigenvalue weighted by atomic mass is 32.1. The maximum atomic E-state index is 12.8. The number of anilines is 1. The number of benzene rings is 2. The van der Waals surface area contributed by atoms with Gasteiger partial charge in [-0.05, 0) is 24.6 Å². The average molecular weight is 476 g/mol. The first kappa shape index (κ1) is 22.1. The topological polar surface area (TPSA) is 88.5 Å². The minimum atomic E-state index is -0.372. The molecule has 1 aliphatic heterocycles. The van der Waals surface area contributed by atoms with E-state index < -0.39 is 0 Å². The zero-order chi connectivity index (χ0) is 23.5. The smallest absolute Gasteiger partial charge is 0.281 e. The molecule has 0 spiro atoms. The first-order valence-corrected chi connectivity index (χ1v) is 11.9. The summed E-state index contributed by atoms with van der Waals surface area (Å²) in [6, 6.07) is 20.0. The van der Waals surface area contributed by atoms with Gasteiger partial charge in [0.1, 0.15) is 11.4 Å². The van der Waals surface area contributed by atoms with E-state index in [1.807, 2.05) is 59.2 Å². The second-order valence-electron chi connectivity index (χ2n) is 8.05. The molecule has 0 unspecified atom stereocenters. The molecule has 174 valence electrons. The van der Waals surface area contributed by atoms with Crippen molar-refractivity contribution in [2.75, 3.05) is 31.2 Å². The van der Waals surface area contributed by atoms with Crippen LogP contribution in [0.1, 0.15) is 15.4 Å². The van der Waals surface area contributed by atoms with Gasteiger partial charge in [0.25, 0.3) is 11.8 Å². The third-order valence-electron chi connectivity index (χ3n) is 5.77. The fourth-order valence-corrected chi connectivity index (χ4v) is 5.09. The van der Waals surface area contributed by atoms with Crippen LogP contribution in [0, 0.1) is 6.92 Å². The minimum Gasteiger partial charge on any atom is -0.378 e. The Bertz CT molecular complexity index is 1330. The number of carbonyl (C=O) groups is 2. The second-order valence-corrected chi connectivity index (χ2v) is 9.03. The van der Waals surface area contributed by atoms with E-state index in [0.717, 1.165) is 40.4 Å². The molecule has 5 rings (SSSR count). The number of aromatic nitrogens is 2. The van der Waals surface area contributed by atoms with Gasteiger partial charge in [0.05, 0.1) is 18.9 Å². The number of morpholine rings is 1. The van der Waals surface area contributed by atoms with Crippen LogP contribution >= 0.6 is 11.3 Å². The Labute approximate surface area is 201 Å². The number of aryl methyl sites for hydroxylation is 1. The van der Waals surface area contributed by atoms with Gasteiger partial charge in [-0.1, -0.05) is 59.9 Å². The predicted octanol–water partition coefficient (Wildman–Crippen LogP) is 3.37. The zero-order valence-corrected chi connectivity index (χ0v) is 19.6. The molecule has 2 aromatic carbocycles. The molecule has 0 atom stereocenters. The SMILES string of the molecule is Cc1nc(N2CCOCC2)sc1C(=O)NNC(=O)Cn1c(-c2ccccc2)cc2ccccc21. The number of para-hydroxylation sites is 1. The standard InChI is InChI=1S/C25H25N5O3S/c1-17-23(34-25(26-17)29-11-13-33-14-12-29)24(32)28-27-22(31)16-30-20-10-6-5-9-19(20)15-21(30)18-7-3-2-4-8-18/h2-10,15H,11-14,16H2,1H3,(H,27,31)(H,28,32). The summed E-state index contributed by atoms with van der Waals surface area (Å²) in [7, 11) is 0. The van der Waals surface area contributed by atoms with Crippen LogP contribution in [0.3, 0.4) is 0 Å². The highest BCUT2D eigenvalue weighted by molar-refractivity contribution is 7.17. The number of hydrogen-bond donors (Lipinski definition) is 2. The van der Waals surface area contributed by atoms with Gasteiger partial charge < -0.3 is 14.2 Å². The Morgan fingerprint density at radius 3 is 2.56 bits per heavy atom. The summed E-state index contributed by atoms with van der Waals surface area (Å²) in [5, 5.41) is 1.85. The van der Waals surface area contributed by atoms with E-state index in [4.69, 9.17) is 4.74 Å². The molecule has 0 aliphatic carbocycles. The quantitative estimate of drug-likeness (QED) is 0.432. The Morgan fingerprint density at radius 1 is 1.03 bits per heavy atom. The van der Waals surface area contributed by atoms with Gasteiger partial charge in [0, 0.05) is 29.7 Å². The van der Waals surface area contributed by atoms with Crippen molar-refractivity contribution < 1.29 is 14.3 Å². The van der Waals surface area contributed by atoms with Crippen molar-refractivity contribution >= 4 is 39.2 Å². The normalized spacial score (nSPS) is 13.7. The van der Waals surface area contributed by atoms with Gasteiger partial charge >= 0.3 is 0 Å². The third kappa shape index (κ3) is 4.52. The van der Waals surface area contributed by atoms with Crippen LogP contribution in [0.4, 0.5) is 5.13 Å². The van der Waals surface area contributed by atoms with Crippen molar-refractivity contribution in [2.24, 2.45) is 0 Å². The van der Waals surface area contributed by atoms with Crippen molar-refractivity contribution in [3.8, 4) is 11.3 Å². The number of thiazole rings is 1. The summed E-state index contributed by atoms with van der Waals surface area (Å²) < 4.78 is 7.34. The molecule has 1 fully saturated rings. The summed E-state index contributed by atoms with van der Waals surface area (Å²) >= 11 is 1.32. The average Bonchev–Trinajstić information content (AvgIpc) is 3.44. The molecule has 1 aliphatic rings. The van der Waals surface area contributed by atoms with Gasteiger partial charge in [-0.15, -0.1) is 0 Å². The summed E-state index contributed by atoms with van der Waals surface area (Å²) in [6.45, 7) is 4.66. The third-order valence-corrected chi connectivity index (χ3v) is 6.99. The van der Waals surface area contributed by atoms with Gasteiger partial charge in [0.15, 0.2) is 5.13 Å². The monoisotopic (exact) mass is 475 g/mol. The van der Waals surface area contributed by atoms with E-state index in [9.17, 15) is 9.59 Å². The van der Waals surface area contributed by atoms with Gasteiger partial charge in [-0.2, -0.15) is 0 Å².